The quantitative estimate of drug-likeness (QED) is 0.614. The SMILES string of the molecule is CCCC[n+]1c(Oc2ccccc2)sc2ccccc21. The van der Waals surface area contributed by atoms with Crippen LogP contribution in [-0.2, 0) is 6.54 Å². The van der Waals surface area contributed by atoms with E-state index in [-0.39, 0.29) is 0 Å². The van der Waals surface area contributed by atoms with Crippen LogP contribution < -0.4 is 9.30 Å². The average Bonchev–Trinajstić information content (AvgIpc) is 2.83. The fourth-order valence-electron chi connectivity index (χ4n) is 2.21. The molecule has 0 atom stereocenters. The molecule has 3 heteroatoms. The van der Waals surface area contributed by atoms with Gasteiger partial charge in [-0.25, -0.2) is 0 Å². The van der Waals surface area contributed by atoms with Gasteiger partial charge >= 0.3 is 5.19 Å². The van der Waals surface area contributed by atoms with Crippen molar-refractivity contribution in [3.63, 3.8) is 0 Å². The first-order valence-electron chi connectivity index (χ1n) is 7.03. The lowest BCUT2D eigenvalue weighted by Gasteiger charge is -2.01. The van der Waals surface area contributed by atoms with E-state index in [1.165, 1.54) is 16.6 Å². The minimum absolute atomic E-state index is 0.893. The summed E-state index contributed by atoms with van der Waals surface area (Å²) < 4.78 is 9.63. The predicted octanol–water partition coefficient (Wildman–Crippen LogP) is 4.78. The van der Waals surface area contributed by atoms with Crippen molar-refractivity contribution in [2.45, 2.75) is 26.3 Å². The van der Waals surface area contributed by atoms with Crippen LogP contribution in [0.4, 0.5) is 0 Å². The highest BCUT2D eigenvalue weighted by atomic mass is 32.1. The molecule has 102 valence electrons. The number of para-hydroxylation sites is 2. The number of fused-ring (bicyclic) bond motifs is 1. The Kier molecular flexibility index (Phi) is 3.97. The maximum absolute atomic E-state index is 6.07. The molecule has 0 bridgehead atoms. The summed E-state index contributed by atoms with van der Waals surface area (Å²) in [6, 6.07) is 18.5. The summed E-state index contributed by atoms with van der Waals surface area (Å²) in [5.74, 6) is 0.893. The van der Waals surface area contributed by atoms with Crippen LogP contribution in [0.1, 0.15) is 19.8 Å². The molecular weight excluding hydrogens is 266 g/mol. The minimum Gasteiger partial charge on any atom is -0.397 e. The van der Waals surface area contributed by atoms with E-state index >= 15 is 0 Å². The Morgan fingerprint density at radius 3 is 2.55 bits per heavy atom. The lowest BCUT2D eigenvalue weighted by molar-refractivity contribution is -0.671. The van der Waals surface area contributed by atoms with Gasteiger partial charge in [0, 0.05) is 12.5 Å². The predicted molar refractivity (Wildman–Crippen MR) is 83.4 cm³/mol. The summed E-state index contributed by atoms with van der Waals surface area (Å²) >= 11 is 1.71. The van der Waals surface area contributed by atoms with E-state index in [4.69, 9.17) is 4.74 Å². The molecule has 20 heavy (non-hydrogen) atoms. The Balaban J connectivity index is 2.00. The van der Waals surface area contributed by atoms with Gasteiger partial charge in [-0.15, -0.1) is 4.57 Å². The molecule has 0 saturated heterocycles. The molecular formula is C17H18NOS+. The van der Waals surface area contributed by atoms with Crippen molar-refractivity contribution in [2.24, 2.45) is 0 Å². The van der Waals surface area contributed by atoms with E-state index < -0.39 is 0 Å². The maximum atomic E-state index is 6.07. The van der Waals surface area contributed by atoms with E-state index in [9.17, 15) is 0 Å². The molecule has 0 unspecified atom stereocenters. The molecule has 0 aliphatic rings. The molecule has 3 aromatic rings. The molecule has 0 saturated carbocycles. The number of aromatic nitrogens is 1. The number of thiazole rings is 1. The molecule has 0 N–H and O–H groups in total. The zero-order chi connectivity index (χ0) is 13.8. The molecule has 0 aliphatic carbocycles. The Bertz CT molecular complexity index is 691. The first-order chi connectivity index (χ1) is 9.88. The van der Waals surface area contributed by atoms with Gasteiger partial charge in [0.15, 0.2) is 6.54 Å². The van der Waals surface area contributed by atoms with Crippen molar-refractivity contribution < 1.29 is 9.30 Å². The molecule has 0 spiro atoms. The van der Waals surface area contributed by atoms with Gasteiger partial charge in [0.2, 0.25) is 5.52 Å². The van der Waals surface area contributed by atoms with Gasteiger partial charge in [0.25, 0.3) is 0 Å². The second kappa shape index (κ2) is 6.06. The van der Waals surface area contributed by atoms with Crippen LogP contribution in [0.25, 0.3) is 10.2 Å². The molecule has 0 fully saturated rings. The smallest absolute Gasteiger partial charge is 0.397 e. The Labute approximate surface area is 123 Å². The maximum Gasteiger partial charge on any atom is 0.436 e. The summed E-state index contributed by atoms with van der Waals surface area (Å²) in [5, 5.41) is 0.964. The van der Waals surface area contributed by atoms with Crippen LogP contribution in [0.15, 0.2) is 54.6 Å². The largest absolute Gasteiger partial charge is 0.436 e. The lowest BCUT2D eigenvalue weighted by Crippen LogP contribution is -2.33. The third-order valence-electron chi connectivity index (χ3n) is 3.26. The third-order valence-corrected chi connectivity index (χ3v) is 4.30. The number of hydrogen-bond donors (Lipinski definition) is 0. The summed E-state index contributed by atoms with van der Waals surface area (Å²) in [4.78, 5) is 0. The van der Waals surface area contributed by atoms with Crippen molar-refractivity contribution in [3.8, 4) is 10.9 Å². The van der Waals surface area contributed by atoms with E-state index in [2.05, 4.69) is 35.8 Å². The topological polar surface area (TPSA) is 13.1 Å². The summed E-state index contributed by atoms with van der Waals surface area (Å²) in [7, 11) is 0. The van der Waals surface area contributed by atoms with Crippen molar-refractivity contribution in [3.05, 3.63) is 54.6 Å². The van der Waals surface area contributed by atoms with Crippen molar-refractivity contribution in [1.82, 2.24) is 0 Å². The lowest BCUT2D eigenvalue weighted by atomic mass is 10.3. The van der Waals surface area contributed by atoms with Crippen molar-refractivity contribution in [2.75, 3.05) is 0 Å². The Hall–Kier alpha value is -1.87. The number of hydrogen-bond acceptors (Lipinski definition) is 2. The molecule has 1 aromatic heterocycles. The number of ether oxygens (including phenoxy) is 1. The van der Waals surface area contributed by atoms with Gasteiger partial charge in [-0.1, -0.05) is 43.7 Å². The first kappa shape index (κ1) is 13.1. The second-order valence-corrected chi connectivity index (χ2v) is 5.75. The highest BCUT2D eigenvalue weighted by Crippen LogP contribution is 2.29. The van der Waals surface area contributed by atoms with Gasteiger partial charge in [0.1, 0.15) is 10.4 Å². The molecule has 2 aromatic carbocycles. The van der Waals surface area contributed by atoms with Crippen LogP contribution >= 0.6 is 11.3 Å². The standard InChI is InChI=1S/C17H18NOS/c1-2-3-13-18-15-11-7-8-12-16(15)20-17(18)19-14-9-5-4-6-10-14/h4-12H,2-3,13H2,1H3/q+1. The van der Waals surface area contributed by atoms with Crippen molar-refractivity contribution >= 4 is 21.6 Å². The molecule has 0 amide bonds. The van der Waals surface area contributed by atoms with Gasteiger partial charge in [-0.05, 0) is 29.5 Å². The van der Waals surface area contributed by atoms with Crippen LogP contribution in [0, 0.1) is 0 Å². The number of benzene rings is 2. The van der Waals surface area contributed by atoms with Crippen molar-refractivity contribution in [1.29, 1.82) is 0 Å². The van der Waals surface area contributed by atoms with Gasteiger partial charge in [-0.2, -0.15) is 0 Å². The molecule has 0 radical (unpaired) electrons. The number of aryl methyl sites for hydroxylation is 1. The fourth-order valence-corrected chi connectivity index (χ4v) is 3.26. The summed E-state index contributed by atoms with van der Waals surface area (Å²) in [5.41, 5.74) is 1.26. The van der Waals surface area contributed by atoms with Gasteiger partial charge < -0.3 is 4.74 Å². The zero-order valence-electron chi connectivity index (χ0n) is 11.6. The molecule has 2 nitrogen and oxygen atoms in total. The zero-order valence-corrected chi connectivity index (χ0v) is 12.4. The van der Waals surface area contributed by atoms with E-state index in [1.54, 1.807) is 11.3 Å². The molecule has 1 heterocycles. The van der Waals surface area contributed by atoms with Gasteiger partial charge in [0.05, 0.1) is 0 Å². The highest BCUT2D eigenvalue weighted by Gasteiger charge is 2.21. The van der Waals surface area contributed by atoms with Gasteiger partial charge in [-0.3, -0.25) is 0 Å². The van der Waals surface area contributed by atoms with E-state index in [1.807, 2.05) is 30.3 Å². The van der Waals surface area contributed by atoms with E-state index in [0.29, 0.717) is 0 Å². The highest BCUT2D eigenvalue weighted by molar-refractivity contribution is 7.19. The number of unbranched alkanes of at least 4 members (excludes halogenated alkanes) is 1. The first-order valence-corrected chi connectivity index (χ1v) is 7.84. The summed E-state index contributed by atoms with van der Waals surface area (Å²) in [6.45, 7) is 3.22. The van der Waals surface area contributed by atoms with Crippen LogP contribution in [0.5, 0.6) is 10.9 Å². The summed E-state index contributed by atoms with van der Waals surface area (Å²) in [6.07, 6.45) is 2.35. The van der Waals surface area contributed by atoms with Crippen LogP contribution in [0.2, 0.25) is 0 Å². The number of nitrogens with zero attached hydrogens (tertiary/aromatic N) is 1. The van der Waals surface area contributed by atoms with Crippen LogP contribution in [-0.4, -0.2) is 0 Å². The van der Waals surface area contributed by atoms with Crippen LogP contribution in [0.3, 0.4) is 0 Å². The third kappa shape index (κ3) is 2.68. The Morgan fingerprint density at radius 2 is 1.75 bits per heavy atom. The molecule has 3 rings (SSSR count). The average molecular weight is 284 g/mol. The van der Waals surface area contributed by atoms with E-state index in [0.717, 1.165) is 23.9 Å². The normalized spacial score (nSPS) is 10.8. The molecule has 0 aliphatic heterocycles. The Morgan fingerprint density at radius 1 is 1.00 bits per heavy atom. The monoisotopic (exact) mass is 284 g/mol. The minimum atomic E-state index is 0.893. The second-order valence-electron chi connectivity index (χ2n) is 4.76. The fraction of sp³-hybridized carbons (Fsp3) is 0.235. The number of rotatable bonds is 5.